The molecule has 0 saturated carbocycles. The summed E-state index contributed by atoms with van der Waals surface area (Å²) in [4.78, 5) is 9.47. The SMILES string of the molecule is CCS(=O)(=O)Nc1cccc2c1CN(C)CC2c1cnc[nH]1. The number of sulfonamides is 1. The van der Waals surface area contributed by atoms with Crippen molar-refractivity contribution in [1.82, 2.24) is 14.9 Å². The number of aromatic amines is 1. The van der Waals surface area contributed by atoms with E-state index in [0.717, 1.165) is 29.9 Å². The van der Waals surface area contributed by atoms with Crippen LogP contribution in [0.25, 0.3) is 0 Å². The molecule has 2 heterocycles. The minimum absolute atomic E-state index is 0.0660. The number of hydrogen-bond acceptors (Lipinski definition) is 4. The van der Waals surface area contributed by atoms with Crippen molar-refractivity contribution in [1.29, 1.82) is 0 Å². The zero-order chi connectivity index (χ0) is 15.7. The van der Waals surface area contributed by atoms with E-state index in [0.29, 0.717) is 5.69 Å². The molecule has 0 aliphatic carbocycles. The molecule has 1 unspecified atom stereocenters. The Balaban J connectivity index is 2.06. The highest BCUT2D eigenvalue weighted by atomic mass is 32.2. The number of nitrogens with zero attached hydrogens (tertiary/aromatic N) is 2. The minimum Gasteiger partial charge on any atom is -0.348 e. The van der Waals surface area contributed by atoms with E-state index < -0.39 is 10.0 Å². The van der Waals surface area contributed by atoms with Crippen LogP contribution in [-0.2, 0) is 16.6 Å². The molecule has 1 aliphatic heterocycles. The summed E-state index contributed by atoms with van der Waals surface area (Å²) < 4.78 is 26.5. The average Bonchev–Trinajstić information content (AvgIpc) is 3.01. The van der Waals surface area contributed by atoms with Gasteiger partial charge in [0.05, 0.1) is 17.8 Å². The second kappa shape index (κ2) is 5.73. The Hall–Kier alpha value is -1.86. The van der Waals surface area contributed by atoms with Crippen LogP contribution in [-0.4, -0.2) is 42.6 Å². The lowest BCUT2D eigenvalue weighted by molar-refractivity contribution is 0.294. The van der Waals surface area contributed by atoms with Crippen molar-refractivity contribution in [2.75, 3.05) is 24.1 Å². The van der Waals surface area contributed by atoms with Gasteiger partial charge < -0.3 is 9.88 Å². The molecule has 2 N–H and O–H groups in total. The molecule has 1 aliphatic rings. The molecule has 0 saturated heterocycles. The molecule has 0 fully saturated rings. The molecule has 1 atom stereocenters. The van der Waals surface area contributed by atoms with Gasteiger partial charge in [-0.15, -0.1) is 0 Å². The minimum atomic E-state index is -3.28. The van der Waals surface area contributed by atoms with Crippen molar-refractivity contribution in [3.63, 3.8) is 0 Å². The number of benzene rings is 1. The highest BCUT2D eigenvalue weighted by Gasteiger charge is 2.28. The Kier molecular flexibility index (Phi) is 3.92. The third kappa shape index (κ3) is 2.86. The fraction of sp³-hybridized carbons (Fsp3) is 0.400. The maximum absolute atomic E-state index is 11.9. The van der Waals surface area contributed by atoms with Gasteiger partial charge in [0.25, 0.3) is 0 Å². The summed E-state index contributed by atoms with van der Waals surface area (Å²) in [6, 6.07) is 5.80. The first-order valence-electron chi connectivity index (χ1n) is 7.29. The first-order valence-corrected chi connectivity index (χ1v) is 8.94. The van der Waals surface area contributed by atoms with Crippen molar-refractivity contribution in [3.8, 4) is 0 Å². The van der Waals surface area contributed by atoms with Crippen LogP contribution in [0.3, 0.4) is 0 Å². The number of imidazole rings is 1. The number of hydrogen-bond donors (Lipinski definition) is 2. The first kappa shape index (κ1) is 15.1. The number of nitrogens with one attached hydrogen (secondary N) is 2. The second-order valence-corrected chi connectivity index (χ2v) is 7.65. The first-order chi connectivity index (χ1) is 10.5. The van der Waals surface area contributed by atoms with Crippen LogP contribution in [0, 0.1) is 0 Å². The van der Waals surface area contributed by atoms with Gasteiger partial charge in [0.15, 0.2) is 0 Å². The highest BCUT2D eigenvalue weighted by Crippen LogP contribution is 2.35. The molecule has 0 spiro atoms. The van der Waals surface area contributed by atoms with Crippen LogP contribution in [0.15, 0.2) is 30.7 Å². The van der Waals surface area contributed by atoms with Gasteiger partial charge in [-0.05, 0) is 31.2 Å². The lowest BCUT2D eigenvalue weighted by Gasteiger charge is -2.33. The van der Waals surface area contributed by atoms with Gasteiger partial charge in [-0.25, -0.2) is 13.4 Å². The monoisotopic (exact) mass is 320 g/mol. The third-order valence-corrected chi connectivity index (χ3v) is 5.34. The molecular formula is C15H20N4O2S. The number of likely N-dealkylation sites (N-methyl/N-ethyl adjacent to an activating group) is 1. The normalized spacial score (nSPS) is 18.9. The van der Waals surface area contributed by atoms with Crippen molar-refractivity contribution < 1.29 is 8.42 Å². The lowest BCUT2D eigenvalue weighted by Crippen LogP contribution is -2.32. The van der Waals surface area contributed by atoms with Crippen LogP contribution >= 0.6 is 0 Å². The van der Waals surface area contributed by atoms with Gasteiger partial charge in [0.2, 0.25) is 10.0 Å². The molecule has 7 heteroatoms. The van der Waals surface area contributed by atoms with E-state index in [4.69, 9.17) is 0 Å². The predicted molar refractivity (Wildman–Crippen MR) is 86.3 cm³/mol. The number of rotatable bonds is 4. The van der Waals surface area contributed by atoms with Crippen molar-refractivity contribution >= 4 is 15.7 Å². The molecule has 1 aromatic heterocycles. The molecular weight excluding hydrogens is 300 g/mol. The Labute approximate surface area is 130 Å². The number of fused-ring (bicyclic) bond motifs is 1. The Morgan fingerprint density at radius 3 is 2.95 bits per heavy atom. The topological polar surface area (TPSA) is 78.1 Å². The van der Waals surface area contributed by atoms with Crippen LogP contribution in [0.1, 0.15) is 29.7 Å². The van der Waals surface area contributed by atoms with E-state index >= 15 is 0 Å². The Morgan fingerprint density at radius 2 is 2.27 bits per heavy atom. The second-order valence-electron chi connectivity index (χ2n) is 5.64. The van der Waals surface area contributed by atoms with Crippen LogP contribution in [0.5, 0.6) is 0 Å². The largest absolute Gasteiger partial charge is 0.348 e. The van der Waals surface area contributed by atoms with E-state index in [1.54, 1.807) is 13.3 Å². The molecule has 3 rings (SSSR count). The van der Waals surface area contributed by atoms with E-state index in [2.05, 4.69) is 25.7 Å². The highest BCUT2D eigenvalue weighted by molar-refractivity contribution is 7.92. The van der Waals surface area contributed by atoms with Gasteiger partial charge in [0.1, 0.15) is 0 Å². The lowest BCUT2D eigenvalue weighted by atomic mass is 9.87. The van der Waals surface area contributed by atoms with E-state index in [9.17, 15) is 8.42 Å². The smallest absolute Gasteiger partial charge is 0.232 e. The van der Waals surface area contributed by atoms with Crippen molar-refractivity contribution in [3.05, 3.63) is 47.5 Å². The molecule has 6 nitrogen and oxygen atoms in total. The fourth-order valence-electron chi connectivity index (χ4n) is 2.91. The fourth-order valence-corrected chi connectivity index (χ4v) is 3.58. The number of anilines is 1. The Morgan fingerprint density at radius 1 is 1.45 bits per heavy atom. The zero-order valence-corrected chi connectivity index (χ0v) is 13.5. The zero-order valence-electron chi connectivity index (χ0n) is 12.7. The van der Waals surface area contributed by atoms with Gasteiger partial charge in [-0.2, -0.15) is 0 Å². The predicted octanol–water partition coefficient (Wildman–Crippen LogP) is 1.75. The average molecular weight is 320 g/mol. The van der Waals surface area contributed by atoms with Gasteiger partial charge >= 0.3 is 0 Å². The number of H-pyrrole nitrogens is 1. The van der Waals surface area contributed by atoms with Gasteiger partial charge in [-0.1, -0.05) is 12.1 Å². The molecule has 0 bridgehead atoms. The van der Waals surface area contributed by atoms with E-state index in [-0.39, 0.29) is 11.7 Å². The third-order valence-electron chi connectivity index (χ3n) is 4.05. The van der Waals surface area contributed by atoms with Crippen molar-refractivity contribution in [2.24, 2.45) is 0 Å². The van der Waals surface area contributed by atoms with Crippen molar-refractivity contribution in [2.45, 2.75) is 19.4 Å². The molecule has 22 heavy (non-hydrogen) atoms. The number of aromatic nitrogens is 2. The van der Waals surface area contributed by atoms with Crippen LogP contribution < -0.4 is 4.72 Å². The van der Waals surface area contributed by atoms with Crippen LogP contribution in [0.2, 0.25) is 0 Å². The summed E-state index contributed by atoms with van der Waals surface area (Å²) >= 11 is 0. The summed E-state index contributed by atoms with van der Waals surface area (Å²) in [5, 5.41) is 0. The molecule has 1 aromatic carbocycles. The molecule has 118 valence electrons. The standard InChI is InChI=1S/C15H20N4O2S/c1-3-22(20,21)18-14-6-4-5-11-12(14)8-19(2)9-13(11)15-7-16-10-17-15/h4-7,10,13,18H,3,8-9H2,1-2H3,(H,16,17). The molecule has 0 amide bonds. The van der Waals surface area contributed by atoms with Gasteiger partial charge in [-0.3, -0.25) is 4.72 Å². The summed E-state index contributed by atoms with van der Waals surface area (Å²) in [6.07, 6.45) is 3.50. The quantitative estimate of drug-likeness (QED) is 0.899. The van der Waals surface area contributed by atoms with E-state index in [1.165, 1.54) is 0 Å². The van der Waals surface area contributed by atoms with Crippen LogP contribution in [0.4, 0.5) is 5.69 Å². The maximum Gasteiger partial charge on any atom is 0.232 e. The van der Waals surface area contributed by atoms with E-state index in [1.807, 2.05) is 25.4 Å². The summed E-state index contributed by atoms with van der Waals surface area (Å²) in [5.74, 6) is 0.235. The molecule has 0 radical (unpaired) electrons. The maximum atomic E-state index is 11.9. The summed E-state index contributed by atoms with van der Waals surface area (Å²) in [7, 11) is -1.24. The molecule has 2 aromatic rings. The van der Waals surface area contributed by atoms with Gasteiger partial charge in [0, 0.05) is 30.9 Å². The Bertz CT molecular complexity index is 756. The summed E-state index contributed by atoms with van der Waals surface area (Å²) in [6.45, 7) is 3.23. The summed E-state index contributed by atoms with van der Waals surface area (Å²) in [5.41, 5.74) is 3.91.